The van der Waals surface area contributed by atoms with Crippen LogP contribution in [-0.4, -0.2) is 79.0 Å². The van der Waals surface area contributed by atoms with Gasteiger partial charge in [0.2, 0.25) is 6.79 Å². The van der Waals surface area contributed by atoms with Gasteiger partial charge in [-0.3, -0.25) is 9.69 Å². The lowest BCUT2D eigenvalue weighted by Gasteiger charge is -2.39. The van der Waals surface area contributed by atoms with Crippen LogP contribution in [0.1, 0.15) is 69.4 Å². The predicted octanol–water partition coefficient (Wildman–Crippen LogP) is 3.56. The molecule has 214 valence electrons. The van der Waals surface area contributed by atoms with Gasteiger partial charge in [-0.25, -0.2) is 9.18 Å². The van der Waals surface area contributed by atoms with Crippen LogP contribution in [-0.2, 0) is 30.2 Å². The van der Waals surface area contributed by atoms with Gasteiger partial charge in [-0.15, -0.1) is 0 Å². The molecule has 10 heteroatoms. The molecule has 4 atom stereocenters. The van der Waals surface area contributed by atoms with Gasteiger partial charge in [0.05, 0.1) is 32.1 Å². The Kier molecular flexibility index (Phi) is 7.30. The highest BCUT2D eigenvalue weighted by Gasteiger charge is 2.59. The molecule has 0 amide bonds. The van der Waals surface area contributed by atoms with Crippen molar-refractivity contribution in [2.75, 3.05) is 34.1 Å². The van der Waals surface area contributed by atoms with Gasteiger partial charge in [0.25, 0.3) is 0 Å². The van der Waals surface area contributed by atoms with E-state index in [1.54, 1.807) is 7.11 Å². The van der Waals surface area contributed by atoms with E-state index >= 15 is 0 Å². The van der Waals surface area contributed by atoms with E-state index in [1.807, 2.05) is 12.1 Å². The van der Waals surface area contributed by atoms with Gasteiger partial charge >= 0.3 is 11.9 Å². The van der Waals surface area contributed by atoms with Crippen LogP contribution in [0, 0.1) is 0 Å². The fraction of sp³-hybridized carbons (Fsp3) is 0.655. The SMILES string of the molecule is COC(=O)C[C@](O)(CCCC(C)(C)F)C(=O)OC1C(OC)=C[C@@]23CCCN2CCc2cc4c(cc2[C@H]13)OCO4. The molecule has 1 saturated heterocycles. The summed E-state index contributed by atoms with van der Waals surface area (Å²) in [7, 11) is 2.73. The topological polar surface area (TPSA) is 104 Å². The monoisotopic (exact) mass is 547 g/mol. The zero-order valence-corrected chi connectivity index (χ0v) is 23.1. The summed E-state index contributed by atoms with van der Waals surface area (Å²) in [5.74, 6) is -0.199. The molecule has 0 saturated carbocycles. The van der Waals surface area contributed by atoms with E-state index in [1.165, 1.54) is 21.0 Å². The van der Waals surface area contributed by atoms with Crippen LogP contribution >= 0.6 is 0 Å². The number of aliphatic hydroxyl groups is 1. The third kappa shape index (κ3) is 5.09. The second-order valence-electron chi connectivity index (χ2n) is 11.6. The zero-order chi connectivity index (χ0) is 28.0. The minimum Gasteiger partial charge on any atom is -0.497 e. The highest BCUT2D eigenvalue weighted by Crippen LogP contribution is 2.55. The molecule has 3 heterocycles. The number of hydrogen-bond donors (Lipinski definition) is 1. The smallest absolute Gasteiger partial charge is 0.339 e. The number of alkyl halides is 1. The first-order valence-electron chi connectivity index (χ1n) is 13.6. The Hall–Kier alpha value is -2.85. The molecule has 4 aliphatic rings. The maximum atomic E-state index is 14.2. The number of hydrogen-bond acceptors (Lipinski definition) is 9. The summed E-state index contributed by atoms with van der Waals surface area (Å²) in [6.45, 7) is 4.73. The molecule has 3 aliphatic heterocycles. The normalized spacial score (nSPS) is 27.0. The van der Waals surface area contributed by atoms with Crippen LogP contribution < -0.4 is 9.47 Å². The second kappa shape index (κ2) is 10.3. The average Bonchev–Trinajstić information content (AvgIpc) is 3.56. The third-order valence-electron chi connectivity index (χ3n) is 8.60. The maximum absolute atomic E-state index is 14.2. The van der Waals surface area contributed by atoms with Crippen molar-refractivity contribution in [3.63, 3.8) is 0 Å². The first-order chi connectivity index (χ1) is 18.5. The molecule has 0 bridgehead atoms. The van der Waals surface area contributed by atoms with Crippen molar-refractivity contribution in [2.45, 2.75) is 87.6 Å². The standard InChI is InChI=1S/C29H38FNO8/c1-27(2,30)8-5-10-29(34,16-23(32)36-4)26(33)39-25-22(35-3)15-28-9-6-11-31(28)12-7-18-13-20-21(38-17-37-20)14-19(18)24(25)28/h13-15,24-25,34H,5-12,16-17H2,1-4H3/t24-,25?,28-,29-/m1/s1. The number of rotatable bonds is 9. The maximum Gasteiger partial charge on any atom is 0.339 e. The summed E-state index contributed by atoms with van der Waals surface area (Å²) in [5, 5.41) is 11.5. The number of carbonyl (C=O) groups excluding carboxylic acids is 2. The fourth-order valence-electron chi connectivity index (χ4n) is 6.69. The van der Waals surface area contributed by atoms with Crippen LogP contribution in [0.3, 0.4) is 0 Å². The lowest BCUT2D eigenvalue weighted by atomic mass is 9.77. The number of nitrogens with zero attached hydrogens (tertiary/aromatic N) is 1. The highest BCUT2D eigenvalue weighted by molar-refractivity contribution is 5.86. The van der Waals surface area contributed by atoms with Crippen LogP contribution in [0.15, 0.2) is 24.0 Å². The van der Waals surface area contributed by atoms with Crippen LogP contribution in [0.25, 0.3) is 0 Å². The van der Waals surface area contributed by atoms with E-state index in [-0.39, 0.29) is 32.0 Å². The number of methoxy groups -OCH3 is 2. The van der Waals surface area contributed by atoms with Gasteiger partial charge in [-0.2, -0.15) is 0 Å². The number of ether oxygens (including phenoxy) is 5. The van der Waals surface area contributed by atoms with E-state index in [9.17, 15) is 19.1 Å². The molecule has 0 radical (unpaired) electrons. The molecule has 1 spiro atoms. The Morgan fingerprint density at radius 1 is 1.18 bits per heavy atom. The molecule has 1 aromatic carbocycles. The lowest BCUT2D eigenvalue weighted by molar-refractivity contribution is -0.178. The fourth-order valence-corrected chi connectivity index (χ4v) is 6.69. The van der Waals surface area contributed by atoms with E-state index < -0.39 is 41.3 Å². The second-order valence-corrected chi connectivity index (χ2v) is 11.6. The van der Waals surface area contributed by atoms with Gasteiger partial charge in [-0.05, 0) is 88.3 Å². The minimum atomic E-state index is -2.18. The molecule has 1 aliphatic carbocycles. The van der Waals surface area contributed by atoms with Crippen molar-refractivity contribution < 1.29 is 42.8 Å². The van der Waals surface area contributed by atoms with Crippen LogP contribution in [0.5, 0.6) is 11.5 Å². The molecule has 9 nitrogen and oxygen atoms in total. The Morgan fingerprint density at radius 3 is 2.62 bits per heavy atom. The summed E-state index contributed by atoms with van der Waals surface area (Å²) < 4.78 is 42.2. The Bertz CT molecular complexity index is 1160. The minimum absolute atomic E-state index is 0.109. The highest BCUT2D eigenvalue weighted by atomic mass is 19.1. The Balaban J connectivity index is 1.50. The number of halogens is 1. The van der Waals surface area contributed by atoms with Gasteiger partial charge in [0.1, 0.15) is 11.4 Å². The molecule has 1 aromatic rings. The van der Waals surface area contributed by atoms with Crippen molar-refractivity contribution in [1.29, 1.82) is 0 Å². The van der Waals surface area contributed by atoms with Gasteiger partial charge in [0.15, 0.2) is 23.2 Å². The third-order valence-corrected chi connectivity index (χ3v) is 8.60. The van der Waals surface area contributed by atoms with E-state index in [2.05, 4.69) is 11.0 Å². The van der Waals surface area contributed by atoms with Crippen molar-refractivity contribution in [3.8, 4) is 11.5 Å². The van der Waals surface area contributed by atoms with Crippen molar-refractivity contribution in [2.24, 2.45) is 0 Å². The molecule has 0 aromatic heterocycles. The molecular weight excluding hydrogens is 509 g/mol. The van der Waals surface area contributed by atoms with Crippen LogP contribution in [0.2, 0.25) is 0 Å². The van der Waals surface area contributed by atoms with E-state index in [0.717, 1.165) is 43.5 Å². The average molecular weight is 548 g/mol. The number of esters is 2. The number of carbonyl (C=O) groups is 2. The van der Waals surface area contributed by atoms with E-state index in [0.29, 0.717) is 17.3 Å². The number of benzene rings is 1. The molecule has 39 heavy (non-hydrogen) atoms. The predicted molar refractivity (Wildman–Crippen MR) is 138 cm³/mol. The van der Waals surface area contributed by atoms with Gasteiger partial charge in [-0.1, -0.05) is 0 Å². The number of fused-ring (bicyclic) bond motifs is 3. The molecule has 1 unspecified atom stereocenters. The largest absolute Gasteiger partial charge is 0.497 e. The van der Waals surface area contributed by atoms with Crippen molar-refractivity contribution in [1.82, 2.24) is 4.90 Å². The summed E-state index contributed by atoms with van der Waals surface area (Å²) in [6, 6.07) is 3.98. The first kappa shape index (κ1) is 27.7. The molecule has 1 N–H and O–H groups in total. The molecule has 5 rings (SSSR count). The quantitative estimate of drug-likeness (QED) is 0.465. The molecular formula is C29H38FNO8. The molecule has 1 fully saturated rings. The summed E-state index contributed by atoms with van der Waals surface area (Å²) in [4.78, 5) is 28.4. The zero-order valence-electron chi connectivity index (χ0n) is 23.1. The van der Waals surface area contributed by atoms with Gasteiger partial charge in [0, 0.05) is 6.54 Å². The summed E-state index contributed by atoms with van der Waals surface area (Å²) >= 11 is 0. The summed E-state index contributed by atoms with van der Waals surface area (Å²) in [6.07, 6.45) is 3.39. The lowest BCUT2D eigenvalue weighted by Crippen LogP contribution is -2.49. The van der Waals surface area contributed by atoms with Crippen LogP contribution in [0.4, 0.5) is 4.39 Å². The van der Waals surface area contributed by atoms with Crippen molar-refractivity contribution >= 4 is 11.9 Å². The van der Waals surface area contributed by atoms with Gasteiger partial charge < -0.3 is 28.8 Å². The van der Waals surface area contributed by atoms with Crippen molar-refractivity contribution in [3.05, 3.63) is 35.1 Å². The summed E-state index contributed by atoms with van der Waals surface area (Å²) in [5.41, 5.74) is -2.03. The van der Waals surface area contributed by atoms with E-state index in [4.69, 9.17) is 23.7 Å². The first-order valence-corrected chi connectivity index (χ1v) is 13.6. The Morgan fingerprint density at radius 2 is 1.92 bits per heavy atom. The Labute approximate surface area is 228 Å².